The Bertz CT molecular complexity index is 1480. The summed E-state index contributed by atoms with van der Waals surface area (Å²) in [5.41, 5.74) is 3.34. The van der Waals surface area contributed by atoms with Gasteiger partial charge in [-0.1, -0.05) is 24.3 Å². The molecule has 228 valence electrons. The molecule has 2 aliphatic heterocycles. The molecule has 9 heteroatoms. The lowest BCUT2D eigenvalue weighted by Crippen LogP contribution is -2.46. The largest absolute Gasteiger partial charge is 0.493 e. The fraction of sp³-hybridized carbons (Fsp3) is 0.412. The van der Waals surface area contributed by atoms with Crippen LogP contribution in [0.4, 0.5) is 9.18 Å². The Morgan fingerprint density at radius 2 is 1.77 bits per heavy atom. The van der Waals surface area contributed by atoms with Crippen molar-refractivity contribution in [3.63, 3.8) is 0 Å². The molecule has 0 aliphatic carbocycles. The number of nitrogens with one attached hydrogen (secondary N) is 1. The monoisotopic (exact) mass is 590 g/mol. The van der Waals surface area contributed by atoms with Crippen LogP contribution in [-0.4, -0.2) is 49.0 Å². The molecule has 0 spiro atoms. The molecule has 2 atom stereocenters. The number of benzene rings is 3. The Kier molecular flexibility index (Phi) is 8.80. The molecule has 3 aromatic rings. The van der Waals surface area contributed by atoms with Gasteiger partial charge in [0.2, 0.25) is 6.79 Å². The van der Waals surface area contributed by atoms with Crippen molar-refractivity contribution < 1.29 is 32.9 Å². The average Bonchev–Trinajstić information content (AvgIpc) is 3.43. The number of ether oxygens (including phenoxy) is 4. The molecule has 1 N–H and O–H groups in total. The topological polar surface area (TPSA) is 86.3 Å². The molecule has 2 aliphatic rings. The summed E-state index contributed by atoms with van der Waals surface area (Å²) in [5.74, 6) is 0.601. The van der Waals surface area contributed by atoms with Crippen molar-refractivity contribution in [2.75, 3.05) is 26.5 Å². The van der Waals surface area contributed by atoms with Crippen LogP contribution in [0.25, 0.3) is 0 Å². The van der Waals surface area contributed by atoms with Crippen LogP contribution < -0.4 is 19.5 Å². The zero-order valence-electron chi connectivity index (χ0n) is 25.4. The number of piperidine rings is 1. The van der Waals surface area contributed by atoms with Gasteiger partial charge in [0.1, 0.15) is 17.2 Å². The molecule has 43 heavy (non-hydrogen) atoms. The van der Waals surface area contributed by atoms with Gasteiger partial charge in [0, 0.05) is 31.6 Å². The number of carbonyl (C=O) groups excluding carboxylic acids is 2. The van der Waals surface area contributed by atoms with Crippen LogP contribution in [0.3, 0.4) is 0 Å². The van der Waals surface area contributed by atoms with E-state index in [4.69, 9.17) is 18.9 Å². The smallest absolute Gasteiger partial charge is 0.410 e. The van der Waals surface area contributed by atoms with Gasteiger partial charge in [-0.2, -0.15) is 0 Å². The number of likely N-dealkylation sites (tertiary alicyclic amines) is 1. The molecule has 0 saturated carbocycles. The molecule has 2 amide bonds. The van der Waals surface area contributed by atoms with Crippen molar-refractivity contribution >= 4 is 12.0 Å². The van der Waals surface area contributed by atoms with Crippen LogP contribution in [0.5, 0.6) is 17.2 Å². The molecule has 0 unspecified atom stereocenters. The lowest BCUT2D eigenvalue weighted by molar-refractivity contribution is 0.0111. The third kappa shape index (κ3) is 7.21. The van der Waals surface area contributed by atoms with Crippen molar-refractivity contribution in [1.29, 1.82) is 0 Å². The number of carbonyl (C=O) groups is 2. The number of amides is 2. The second-order valence-electron chi connectivity index (χ2n) is 12.2. The van der Waals surface area contributed by atoms with Crippen LogP contribution in [0, 0.1) is 25.6 Å². The minimum Gasteiger partial charge on any atom is -0.493 e. The average molecular weight is 591 g/mol. The summed E-state index contributed by atoms with van der Waals surface area (Å²) < 4.78 is 37.7. The molecule has 1 saturated heterocycles. The van der Waals surface area contributed by atoms with Gasteiger partial charge in [0.15, 0.2) is 11.5 Å². The maximum Gasteiger partial charge on any atom is 0.410 e. The van der Waals surface area contributed by atoms with Gasteiger partial charge in [-0.15, -0.1) is 0 Å². The van der Waals surface area contributed by atoms with E-state index >= 15 is 0 Å². The zero-order chi connectivity index (χ0) is 30.7. The Hall–Kier alpha value is -4.27. The lowest BCUT2D eigenvalue weighted by Gasteiger charge is -2.39. The fourth-order valence-electron chi connectivity index (χ4n) is 5.64. The minimum absolute atomic E-state index is 0.00579. The van der Waals surface area contributed by atoms with Gasteiger partial charge < -0.3 is 29.2 Å². The number of rotatable bonds is 7. The van der Waals surface area contributed by atoms with Crippen molar-refractivity contribution in [2.24, 2.45) is 5.92 Å². The molecular weight excluding hydrogens is 551 g/mol. The van der Waals surface area contributed by atoms with E-state index in [1.54, 1.807) is 29.2 Å². The van der Waals surface area contributed by atoms with E-state index < -0.39 is 17.3 Å². The maximum absolute atomic E-state index is 15.0. The molecule has 3 aromatic carbocycles. The predicted molar refractivity (Wildman–Crippen MR) is 160 cm³/mol. The highest BCUT2D eigenvalue weighted by molar-refractivity contribution is 5.94. The van der Waals surface area contributed by atoms with Crippen molar-refractivity contribution in [1.82, 2.24) is 10.2 Å². The van der Waals surface area contributed by atoms with Crippen molar-refractivity contribution in [3.05, 3.63) is 88.2 Å². The third-order valence-corrected chi connectivity index (χ3v) is 7.93. The molecular formula is C34H39FN2O6. The molecule has 2 heterocycles. The van der Waals surface area contributed by atoms with E-state index in [2.05, 4.69) is 5.32 Å². The first-order valence-corrected chi connectivity index (χ1v) is 14.6. The molecule has 1 fully saturated rings. The third-order valence-electron chi connectivity index (χ3n) is 7.93. The van der Waals surface area contributed by atoms with Gasteiger partial charge in [-0.3, -0.25) is 4.79 Å². The quantitative estimate of drug-likeness (QED) is 0.337. The lowest BCUT2D eigenvalue weighted by atomic mass is 9.80. The first kappa shape index (κ1) is 30.2. The highest BCUT2D eigenvalue weighted by Gasteiger charge is 2.35. The van der Waals surface area contributed by atoms with E-state index in [0.29, 0.717) is 43.3 Å². The number of hydrogen-bond donors (Lipinski definition) is 1. The van der Waals surface area contributed by atoms with Crippen LogP contribution in [0.15, 0.2) is 54.6 Å². The first-order valence-electron chi connectivity index (χ1n) is 14.6. The normalized spacial score (nSPS) is 17.9. The Morgan fingerprint density at radius 3 is 2.51 bits per heavy atom. The second kappa shape index (κ2) is 12.5. The van der Waals surface area contributed by atoms with Crippen LogP contribution >= 0.6 is 0 Å². The number of nitrogens with zero attached hydrogens (tertiary/aromatic N) is 1. The van der Waals surface area contributed by atoms with E-state index in [9.17, 15) is 14.0 Å². The molecule has 0 radical (unpaired) electrons. The van der Waals surface area contributed by atoms with Crippen molar-refractivity contribution in [2.45, 2.75) is 59.1 Å². The predicted octanol–water partition coefficient (Wildman–Crippen LogP) is 6.52. The minimum atomic E-state index is -0.623. The first-order chi connectivity index (χ1) is 20.5. The molecule has 8 nitrogen and oxygen atoms in total. The van der Waals surface area contributed by atoms with Gasteiger partial charge in [-0.05, 0) is 93.5 Å². The second-order valence-corrected chi connectivity index (χ2v) is 12.2. The van der Waals surface area contributed by atoms with Gasteiger partial charge in [-0.25, -0.2) is 9.18 Å². The van der Waals surface area contributed by atoms with E-state index in [1.165, 1.54) is 6.07 Å². The summed E-state index contributed by atoms with van der Waals surface area (Å²) >= 11 is 0. The number of hydrogen-bond acceptors (Lipinski definition) is 6. The number of halogens is 1. The van der Waals surface area contributed by atoms with Crippen molar-refractivity contribution in [3.8, 4) is 17.2 Å². The standard InChI is InChI=1S/C34H39FN2O6/c1-21-7-6-8-22(2)28(21)17-36-32(38)27-15-23(9-11-29(27)35)26-13-14-37(33(39)43-34(3,4)5)18-24(26)19-40-25-10-12-30-31(16-25)42-20-41-30/h6-12,15-16,24,26H,13-14,17-20H2,1-5H3,(H,36,38)/t24-,26+/m1/s1. The van der Waals surface area contributed by atoms with Gasteiger partial charge in [0.25, 0.3) is 5.91 Å². The van der Waals surface area contributed by atoms with Crippen LogP contribution in [0.2, 0.25) is 0 Å². The van der Waals surface area contributed by atoms with Gasteiger partial charge >= 0.3 is 6.09 Å². The highest BCUT2D eigenvalue weighted by atomic mass is 19.1. The highest BCUT2D eigenvalue weighted by Crippen LogP contribution is 2.38. The van der Waals surface area contributed by atoms with Crippen LogP contribution in [0.1, 0.15) is 65.7 Å². The SMILES string of the molecule is Cc1cccc(C)c1CNC(=O)c1cc([C@@H]2CCN(C(=O)OC(C)(C)C)C[C@@H]2COc2ccc3c(c2)OCO3)ccc1F. The van der Waals surface area contributed by atoms with E-state index in [-0.39, 0.29) is 36.9 Å². The molecule has 5 rings (SSSR count). The summed E-state index contributed by atoms with van der Waals surface area (Å²) in [6.45, 7) is 11.1. The number of aryl methyl sites for hydroxylation is 2. The Labute approximate surface area is 252 Å². The van der Waals surface area contributed by atoms with E-state index in [0.717, 1.165) is 22.3 Å². The summed E-state index contributed by atoms with van der Waals surface area (Å²) in [4.78, 5) is 27.8. The maximum atomic E-state index is 15.0. The molecule has 0 aromatic heterocycles. The number of fused-ring (bicyclic) bond motifs is 1. The Balaban J connectivity index is 1.35. The Morgan fingerprint density at radius 1 is 1.02 bits per heavy atom. The van der Waals surface area contributed by atoms with Gasteiger partial charge in [0.05, 0.1) is 12.2 Å². The summed E-state index contributed by atoms with van der Waals surface area (Å²) in [6, 6.07) is 16.0. The zero-order valence-corrected chi connectivity index (χ0v) is 25.4. The molecule has 0 bridgehead atoms. The fourth-order valence-corrected chi connectivity index (χ4v) is 5.64. The summed E-state index contributed by atoms with van der Waals surface area (Å²) in [5, 5.41) is 2.89. The summed E-state index contributed by atoms with van der Waals surface area (Å²) in [7, 11) is 0. The van der Waals surface area contributed by atoms with E-state index in [1.807, 2.05) is 58.9 Å². The summed E-state index contributed by atoms with van der Waals surface area (Å²) in [6.07, 6.45) is 0.216. The van der Waals surface area contributed by atoms with Crippen LogP contribution in [-0.2, 0) is 11.3 Å².